The van der Waals surface area contributed by atoms with Gasteiger partial charge in [0, 0.05) is 52.2 Å². The molecule has 0 aliphatic carbocycles. The first-order valence-electron chi connectivity index (χ1n) is 30.2. The second-order valence-electron chi connectivity index (χ2n) is 24.7. The quantitative estimate of drug-likeness (QED) is 0.141. The summed E-state index contributed by atoms with van der Waals surface area (Å²) in [5.74, 6) is -0.781. The summed E-state index contributed by atoms with van der Waals surface area (Å²) in [6.07, 6.45) is 2.36. The van der Waals surface area contributed by atoms with Crippen LogP contribution in [0.4, 0.5) is 32.3 Å². The molecule has 4 amide bonds. The number of hydrogen-bond donors (Lipinski definition) is 3. The highest BCUT2D eigenvalue weighted by Gasteiger charge is 2.38. The zero-order valence-electron chi connectivity index (χ0n) is 50.6. The monoisotopic (exact) mass is 1190 g/mol. The number of carbonyl (C=O) groups is 4. The van der Waals surface area contributed by atoms with E-state index >= 15 is 0 Å². The van der Waals surface area contributed by atoms with Gasteiger partial charge in [-0.2, -0.15) is 0 Å². The van der Waals surface area contributed by atoms with Gasteiger partial charge in [-0.1, -0.05) is 109 Å². The molecule has 0 aromatic heterocycles. The third-order valence-corrected chi connectivity index (χ3v) is 15.9. The number of carbonyl (C=O) groups excluding carboxylic acids is 4. The van der Waals surface area contributed by atoms with Crippen molar-refractivity contribution in [3.8, 4) is 0 Å². The minimum Gasteiger partial charge on any atom is -0.445 e. The molecule has 0 radical (unpaired) electrons. The fraction of sp³-hybridized carbons (Fsp3) is 0.420. The van der Waals surface area contributed by atoms with E-state index in [1.807, 2.05) is 90.1 Å². The summed E-state index contributed by atoms with van der Waals surface area (Å²) in [4.78, 5) is 56.3. The van der Waals surface area contributed by atoms with E-state index in [0.29, 0.717) is 58.7 Å². The first-order valence-corrected chi connectivity index (χ1v) is 30.2. The highest BCUT2D eigenvalue weighted by atomic mass is 19.1. The molecule has 6 aliphatic rings. The Morgan fingerprint density at radius 1 is 0.471 bits per heavy atom. The SMILES string of the molecule is CC(C)(C)OC(=O)N1CC[C@@H](O)C1.CC(C)(C)OC(=O)N1CC[C@@H](OC(=O)N2CCc3ccccc3[C@@H]2c2ccc(F)cc2)C1.Fc1ccc([C@@H]2NCCc3ccccc32)cc1.O=C(O[C@@H]1CCNC1)N1CCc2ccccc2[C@@H]1c1ccc(F)cc1. The molecule has 0 spiro atoms. The predicted molar refractivity (Wildman–Crippen MR) is 325 cm³/mol. The molecule has 0 unspecified atom stereocenters. The molecule has 462 valence electrons. The van der Waals surface area contributed by atoms with Crippen LogP contribution in [0.2, 0.25) is 0 Å². The second kappa shape index (κ2) is 28.7. The fourth-order valence-electron chi connectivity index (χ4n) is 11.7. The van der Waals surface area contributed by atoms with Gasteiger partial charge in [-0.25, -0.2) is 32.3 Å². The van der Waals surface area contributed by atoms with Gasteiger partial charge in [-0.05, 0) is 167 Å². The maximum absolute atomic E-state index is 13.5. The summed E-state index contributed by atoms with van der Waals surface area (Å²) in [6, 6.07) is 43.5. The largest absolute Gasteiger partial charge is 0.445 e. The van der Waals surface area contributed by atoms with E-state index in [2.05, 4.69) is 47.0 Å². The highest BCUT2D eigenvalue weighted by Crippen LogP contribution is 2.38. The minimum atomic E-state index is -0.574. The van der Waals surface area contributed by atoms with Gasteiger partial charge in [-0.3, -0.25) is 9.80 Å². The average Bonchev–Trinajstić information content (AvgIpc) is 1.53. The first-order chi connectivity index (χ1) is 41.7. The zero-order valence-corrected chi connectivity index (χ0v) is 50.6. The maximum atomic E-state index is 13.5. The van der Waals surface area contributed by atoms with Crippen LogP contribution < -0.4 is 10.6 Å². The molecule has 0 bridgehead atoms. The number of aliphatic hydroxyl groups excluding tert-OH is 1. The van der Waals surface area contributed by atoms with Crippen LogP contribution in [0.1, 0.15) is 129 Å². The van der Waals surface area contributed by atoms with Gasteiger partial charge in [0.25, 0.3) is 0 Å². The third-order valence-electron chi connectivity index (χ3n) is 15.9. The van der Waals surface area contributed by atoms with Crippen LogP contribution in [0, 0.1) is 17.5 Å². The number of amides is 4. The molecule has 3 saturated heterocycles. The van der Waals surface area contributed by atoms with Crippen molar-refractivity contribution < 1.29 is 56.4 Å². The number of fused-ring (bicyclic) bond motifs is 3. The van der Waals surface area contributed by atoms with Gasteiger partial charge in [0.1, 0.15) is 40.9 Å². The Bertz CT molecular complexity index is 3280. The van der Waals surface area contributed by atoms with Crippen molar-refractivity contribution in [1.29, 1.82) is 0 Å². The molecule has 3 fully saturated rings. The number of β-amino-alcohol motifs (C(OH)–C–C–N with tert-alkyl or cyclic N) is 1. The van der Waals surface area contributed by atoms with Gasteiger partial charge >= 0.3 is 24.4 Å². The molecule has 15 nitrogen and oxygen atoms in total. The molecule has 6 atom stereocenters. The molecule has 87 heavy (non-hydrogen) atoms. The molecule has 6 heterocycles. The van der Waals surface area contributed by atoms with Gasteiger partial charge in [0.05, 0.1) is 30.8 Å². The predicted octanol–water partition coefficient (Wildman–Crippen LogP) is 12.2. The molecule has 6 aliphatic heterocycles. The summed E-state index contributed by atoms with van der Waals surface area (Å²) in [5, 5.41) is 15.9. The van der Waals surface area contributed by atoms with E-state index in [1.54, 1.807) is 39.0 Å². The van der Waals surface area contributed by atoms with E-state index < -0.39 is 23.4 Å². The van der Waals surface area contributed by atoms with Crippen LogP contribution in [0.5, 0.6) is 0 Å². The zero-order chi connectivity index (χ0) is 61.8. The number of halogens is 3. The standard InChI is InChI=1S/C25H29FN2O4.C20H21FN2O2.C15H14FN.C9H17NO3/c1-25(2,3)32-23(29)27-14-13-20(16-27)31-24(30)28-15-12-17-6-4-5-7-21(17)22(28)18-8-10-19(26)11-9-18;21-16-7-5-15(6-8-16)19-18-4-2-1-3-14(18)10-12-23(19)20(24)25-17-9-11-22-13-17;16-13-7-5-12(6-8-13)15-14-4-2-1-3-11(14)9-10-17-15;1-9(2,3)13-8(12)10-5-4-7(11)6-10/h4-11,20,22H,12-16H2,1-3H3;1-8,17,19,22H,9-13H2;1-8,15,17H,9-10H2;7,11H,4-6H2,1-3H3/t20-,22+;17-,19+;15-;7-/m1101/s1. The van der Waals surface area contributed by atoms with Crippen molar-refractivity contribution in [3.05, 3.63) is 213 Å². The summed E-state index contributed by atoms with van der Waals surface area (Å²) >= 11 is 0. The summed E-state index contributed by atoms with van der Waals surface area (Å²) in [5.41, 5.74) is 9.02. The number of nitrogens with zero attached hydrogens (tertiary/aromatic N) is 4. The Balaban J connectivity index is 0.000000146. The Labute approximate surface area is 508 Å². The van der Waals surface area contributed by atoms with E-state index in [0.717, 1.165) is 66.6 Å². The Morgan fingerprint density at radius 3 is 1.34 bits per heavy atom. The molecular formula is C69H81F3N6O9. The van der Waals surface area contributed by atoms with Crippen molar-refractivity contribution in [2.75, 3.05) is 58.9 Å². The summed E-state index contributed by atoms with van der Waals surface area (Å²) < 4.78 is 61.9. The second-order valence-corrected chi connectivity index (χ2v) is 24.7. The molecule has 3 N–H and O–H groups in total. The Hall–Kier alpha value is -7.93. The molecule has 6 aromatic rings. The summed E-state index contributed by atoms with van der Waals surface area (Å²) in [7, 11) is 0. The van der Waals surface area contributed by atoms with Gasteiger partial charge in [-0.15, -0.1) is 0 Å². The molecule has 6 aromatic carbocycles. The number of benzene rings is 6. The molecule has 18 heteroatoms. The van der Waals surface area contributed by atoms with E-state index in [4.69, 9.17) is 18.9 Å². The molecule has 12 rings (SSSR count). The van der Waals surface area contributed by atoms with Crippen LogP contribution in [0.15, 0.2) is 146 Å². The Kier molecular flexibility index (Phi) is 21.0. The number of rotatable bonds is 5. The smallest absolute Gasteiger partial charge is 0.410 e. The summed E-state index contributed by atoms with van der Waals surface area (Å²) in [6.45, 7) is 16.4. The number of hydrogen-bond acceptors (Lipinski definition) is 11. The number of likely N-dealkylation sites (tertiary alicyclic amines) is 2. The molecular weight excluding hydrogens is 1110 g/mol. The maximum Gasteiger partial charge on any atom is 0.410 e. The topological polar surface area (TPSA) is 162 Å². The third kappa shape index (κ3) is 17.2. The average molecular weight is 1200 g/mol. The number of nitrogens with one attached hydrogen (secondary N) is 2. The van der Waals surface area contributed by atoms with Gasteiger partial charge in [0.2, 0.25) is 0 Å². The van der Waals surface area contributed by atoms with Crippen molar-refractivity contribution in [3.63, 3.8) is 0 Å². The lowest BCUT2D eigenvalue weighted by Crippen LogP contribution is -2.43. The van der Waals surface area contributed by atoms with Crippen molar-refractivity contribution in [2.45, 2.75) is 128 Å². The lowest BCUT2D eigenvalue weighted by atomic mass is 9.88. The van der Waals surface area contributed by atoms with Gasteiger partial charge < -0.3 is 44.5 Å². The normalized spacial score (nSPS) is 21.2. The van der Waals surface area contributed by atoms with E-state index in [1.165, 1.54) is 63.6 Å². The van der Waals surface area contributed by atoms with Crippen LogP contribution >= 0.6 is 0 Å². The lowest BCUT2D eigenvalue weighted by Gasteiger charge is -2.37. The fourth-order valence-corrected chi connectivity index (χ4v) is 11.7. The van der Waals surface area contributed by atoms with Crippen LogP contribution in [-0.2, 0) is 38.2 Å². The minimum absolute atomic E-state index is 0.0708. The number of ether oxygens (including phenoxy) is 4. The van der Waals surface area contributed by atoms with E-state index in [-0.39, 0.29) is 66.1 Å². The van der Waals surface area contributed by atoms with Crippen molar-refractivity contribution in [1.82, 2.24) is 30.2 Å². The van der Waals surface area contributed by atoms with E-state index in [9.17, 15) is 37.5 Å². The van der Waals surface area contributed by atoms with Crippen molar-refractivity contribution >= 4 is 24.4 Å². The van der Waals surface area contributed by atoms with Gasteiger partial charge in [0.15, 0.2) is 0 Å². The highest BCUT2D eigenvalue weighted by molar-refractivity contribution is 5.72. The molecule has 0 saturated carbocycles. The van der Waals surface area contributed by atoms with Crippen molar-refractivity contribution in [2.24, 2.45) is 0 Å². The van der Waals surface area contributed by atoms with Crippen LogP contribution in [0.25, 0.3) is 0 Å². The van der Waals surface area contributed by atoms with Crippen LogP contribution in [0.3, 0.4) is 0 Å². The first kappa shape index (κ1) is 63.6. The Morgan fingerprint density at radius 2 is 0.897 bits per heavy atom. The lowest BCUT2D eigenvalue weighted by molar-refractivity contribution is 0.0229. The van der Waals surface area contributed by atoms with Crippen LogP contribution in [-0.4, -0.2) is 137 Å². The number of aliphatic hydroxyl groups is 1.